The van der Waals surface area contributed by atoms with Gasteiger partial charge in [0.15, 0.2) is 9.84 Å². The fourth-order valence-electron chi connectivity index (χ4n) is 2.17. The second kappa shape index (κ2) is 3.32. The topological polar surface area (TPSA) is 60.2 Å². The van der Waals surface area contributed by atoms with Gasteiger partial charge in [0, 0.05) is 6.04 Å². The van der Waals surface area contributed by atoms with E-state index in [0.29, 0.717) is 11.3 Å². The van der Waals surface area contributed by atoms with Crippen LogP contribution >= 0.6 is 0 Å². The molecule has 1 aliphatic rings. The van der Waals surface area contributed by atoms with Gasteiger partial charge in [-0.3, -0.25) is 0 Å². The molecule has 1 aliphatic heterocycles. The maximum Gasteiger partial charge on any atom is 0.181 e. The summed E-state index contributed by atoms with van der Waals surface area (Å²) in [7, 11) is -3.16. The Morgan fingerprint density at radius 2 is 2.07 bits per heavy atom. The zero-order valence-electron chi connectivity index (χ0n) is 8.90. The monoisotopic (exact) mass is 225 g/mol. The van der Waals surface area contributed by atoms with Gasteiger partial charge in [0.25, 0.3) is 0 Å². The van der Waals surface area contributed by atoms with Crippen LogP contribution in [0.15, 0.2) is 23.1 Å². The van der Waals surface area contributed by atoms with Gasteiger partial charge in [0.05, 0.1) is 10.1 Å². The standard InChI is InChI=1S/C11H15NO2S/c1-7-4-3-5-9-10(12)6-8(2)15(13,14)11(7)9/h3-5,8,10H,6,12H2,1-2H3. The molecule has 4 heteroatoms. The summed E-state index contributed by atoms with van der Waals surface area (Å²) < 4.78 is 24.2. The van der Waals surface area contributed by atoms with Crippen molar-refractivity contribution in [3.05, 3.63) is 29.3 Å². The molecular formula is C11H15NO2S. The minimum atomic E-state index is -3.16. The number of rotatable bonds is 0. The van der Waals surface area contributed by atoms with E-state index < -0.39 is 9.84 Å². The van der Waals surface area contributed by atoms with Crippen LogP contribution in [0.4, 0.5) is 0 Å². The van der Waals surface area contributed by atoms with Gasteiger partial charge in [-0.2, -0.15) is 0 Å². The fraction of sp³-hybridized carbons (Fsp3) is 0.455. The molecular weight excluding hydrogens is 210 g/mol. The average molecular weight is 225 g/mol. The molecule has 1 heterocycles. The Labute approximate surface area is 90.2 Å². The highest BCUT2D eigenvalue weighted by Crippen LogP contribution is 2.36. The van der Waals surface area contributed by atoms with E-state index in [1.807, 2.05) is 25.1 Å². The van der Waals surface area contributed by atoms with Crippen LogP contribution in [0, 0.1) is 6.92 Å². The lowest BCUT2D eigenvalue weighted by molar-refractivity contribution is 0.536. The van der Waals surface area contributed by atoms with Gasteiger partial charge < -0.3 is 5.73 Å². The molecule has 2 N–H and O–H groups in total. The molecule has 82 valence electrons. The second-order valence-corrected chi connectivity index (χ2v) is 6.49. The zero-order chi connectivity index (χ0) is 11.2. The van der Waals surface area contributed by atoms with E-state index in [9.17, 15) is 8.42 Å². The minimum absolute atomic E-state index is 0.154. The van der Waals surface area contributed by atoms with Crippen molar-refractivity contribution >= 4 is 9.84 Å². The molecule has 0 aromatic heterocycles. The Hall–Kier alpha value is -0.870. The molecule has 0 radical (unpaired) electrons. The molecule has 1 aromatic carbocycles. The van der Waals surface area contributed by atoms with Gasteiger partial charge in [0.2, 0.25) is 0 Å². The summed E-state index contributed by atoms with van der Waals surface area (Å²) in [6.45, 7) is 3.55. The maximum absolute atomic E-state index is 12.1. The van der Waals surface area contributed by atoms with Crippen molar-refractivity contribution < 1.29 is 8.42 Å². The van der Waals surface area contributed by atoms with Crippen molar-refractivity contribution in [1.29, 1.82) is 0 Å². The van der Waals surface area contributed by atoms with E-state index in [0.717, 1.165) is 11.1 Å². The predicted molar refractivity (Wildman–Crippen MR) is 59.4 cm³/mol. The Bertz CT molecular complexity index is 493. The van der Waals surface area contributed by atoms with Crippen molar-refractivity contribution in [1.82, 2.24) is 0 Å². The molecule has 0 spiro atoms. The lowest BCUT2D eigenvalue weighted by Gasteiger charge is -2.28. The molecule has 0 aliphatic carbocycles. The third kappa shape index (κ3) is 1.48. The van der Waals surface area contributed by atoms with Gasteiger partial charge in [-0.05, 0) is 31.4 Å². The van der Waals surface area contributed by atoms with Crippen LogP contribution < -0.4 is 5.73 Å². The predicted octanol–water partition coefficient (Wildman–Crippen LogP) is 1.56. The number of sulfone groups is 1. The first-order valence-electron chi connectivity index (χ1n) is 5.03. The average Bonchev–Trinajstić information content (AvgIpc) is 2.14. The summed E-state index contributed by atoms with van der Waals surface area (Å²) in [5.41, 5.74) is 7.53. The van der Waals surface area contributed by atoms with Crippen molar-refractivity contribution in [2.45, 2.75) is 36.5 Å². The first-order chi connectivity index (χ1) is 6.94. The largest absolute Gasteiger partial charge is 0.324 e. The molecule has 0 amide bonds. The van der Waals surface area contributed by atoms with E-state index >= 15 is 0 Å². The number of aryl methyl sites for hydroxylation is 1. The molecule has 0 bridgehead atoms. The van der Waals surface area contributed by atoms with Crippen LogP contribution in [0.5, 0.6) is 0 Å². The maximum atomic E-state index is 12.1. The second-order valence-electron chi connectivity index (χ2n) is 4.19. The lowest BCUT2D eigenvalue weighted by Crippen LogP contribution is -2.32. The van der Waals surface area contributed by atoms with Crippen molar-refractivity contribution in [2.24, 2.45) is 5.73 Å². The lowest BCUT2D eigenvalue weighted by atomic mass is 10.0. The number of fused-ring (bicyclic) bond motifs is 1. The van der Waals surface area contributed by atoms with Gasteiger partial charge >= 0.3 is 0 Å². The normalized spacial score (nSPS) is 28.5. The van der Waals surface area contributed by atoms with E-state index in [1.165, 1.54) is 0 Å². The quantitative estimate of drug-likeness (QED) is 0.729. The Morgan fingerprint density at radius 3 is 2.73 bits per heavy atom. The van der Waals surface area contributed by atoms with E-state index in [2.05, 4.69) is 0 Å². The third-order valence-electron chi connectivity index (χ3n) is 3.04. The summed E-state index contributed by atoms with van der Waals surface area (Å²) in [6.07, 6.45) is 0.513. The minimum Gasteiger partial charge on any atom is -0.324 e. The summed E-state index contributed by atoms with van der Waals surface area (Å²) in [5.74, 6) is 0. The van der Waals surface area contributed by atoms with Crippen molar-refractivity contribution in [3.8, 4) is 0 Å². The van der Waals surface area contributed by atoms with Crippen LogP contribution in [-0.2, 0) is 9.84 Å². The van der Waals surface area contributed by atoms with Crippen LogP contribution in [0.2, 0.25) is 0 Å². The van der Waals surface area contributed by atoms with Gasteiger partial charge in [-0.25, -0.2) is 8.42 Å². The number of hydrogen-bond acceptors (Lipinski definition) is 3. The van der Waals surface area contributed by atoms with Crippen LogP contribution in [-0.4, -0.2) is 13.7 Å². The van der Waals surface area contributed by atoms with Gasteiger partial charge in [0.1, 0.15) is 0 Å². The molecule has 2 unspecified atom stereocenters. The molecule has 3 nitrogen and oxygen atoms in total. The van der Waals surface area contributed by atoms with E-state index in [-0.39, 0.29) is 11.3 Å². The Balaban J connectivity index is 2.78. The van der Waals surface area contributed by atoms with E-state index in [4.69, 9.17) is 5.73 Å². The molecule has 0 saturated heterocycles. The molecule has 1 aromatic rings. The molecule has 15 heavy (non-hydrogen) atoms. The number of hydrogen-bond donors (Lipinski definition) is 1. The summed E-state index contributed by atoms with van der Waals surface area (Å²) >= 11 is 0. The summed E-state index contributed by atoms with van der Waals surface area (Å²) in [4.78, 5) is 0.455. The van der Waals surface area contributed by atoms with Gasteiger partial charge in [-0.1, -0.05) is 18.2 Å². The number of nitrogens with two attached hydrogens (primary N) is 1. The Kier molecular flexibility index (Phi) is 2.35. The first kappa shape index (κ1) is 10.6. The number of benzene rings is 1. The van der Waals surface area contributed by atoms with Crippen molar-refractivity contribution in [2.75, 3.05) is 0 Å². The van der Waals surface area contributed by atoms with Crippen LogP contribution in [0.3, 0.4) is 0 Å². The van der Waals surface area contributed by atoms with Crippen molar-refractivity contribution in [3.63, 3.8) is 0 Å². The summed E-state index contributed by atoms with van der Waals surface area (Å²) in [5, 5.41) is -0.374. The van der Waals surface area contributed by atoms with Crippen LogP contribution in [0.1, 0.15) is 30.5 Å². The Morgan fingerprint density at radius 1 is 1.40 bits per heavy atom. The smallest absolute Gasteiger partial charge is 0.181 e. The highest BCUT2D eigenvalue weighted by atomic mass is 32.2. The first-order valence-corrected chi connectivity index (χ1v) is 6.58. The molecule has 0 saturated carbocycles. The summed E-state index contributed by atoms with van der Waals surface area (Å²) in [6, 6.07) is 5.34. The highest BCUT2D eigenvalue weighted by molar-refractivity contribution is 7.92. The van der Waals surface area contributed by atoms with Gasteiger partial charge in [-0.15, -0.1) is 0 Å². The van der Waals surface area contributed by atoms with E-state index in [1.54, 1.807) is 6.92 Å². The van der Waals surface area contributed by atoms with Crippen LogP contribution in [0.25, 0.3) is 0 Å². The fourth-order valence-corrected chi connectivity index (χ4v) is 4.10. The highest BCUT2D eigenvalue weighted by Gasteiger charge is 2.35. The molecule has 2 atom stereocenters. The molecule has 2 rings (SSSR count). The molecule has 0 fully saturated rings. The zero-order valence-corrected chi connectivity index (χ0v) is 9.71. The third-order valence-corrected chi connectivity index (χ3v) is 5.42. The SMILES string of the molecule is Cc1cccc2c1S(=O)(=O)C(C)CC2N.